The molecule has 6 heavy (non-hydrogen) atoms. The first-order chi connectivity index (χ1) is 1.73. The summed E-state index contributed by atoms with van der Waals surface area (Å²) in [6, 6.07) is 0. The van der Waals surface area contributed by atoms with E-state index >= 15 is 0 Å². The van der Waals surface area contributed by atoms with Gasteiger partial charge in [-0.1, -0.05) is 0 Å². The summed E-state index contributed by atoms with van der Waals surface area (Å²) in [5.41, 5.74) is 0. The van der Waals surface area contributed by atoms with Crippen molar-refractivity contribution in [1.29, 1.82) is 0 Å². The maximum atomic E-state index is 7.17. The average molecular weight is 214 g/mol. The SMILES string of the molecule is I.OB(O)O.[Mg]. The number of hydrogen-bond donors (Lipinski definition) is 3. The first kappa shape index (κ1) is 15.7. The van der Waals surface area contributed by atoms with Crippen LogP contribution in [0.2, 0.25) is 0 Å². The second-order valence-electron chi connectivity index (χ2n) is 0.346. The molecule has 0 aliphatic rings. The molecule has 0 bridgehead atoms. The highest BCUT2D eigenvalue weighted by Crippen LogP contribution is 1.40. The van der Waals surface area contributed by atoms with Gasteiger partial charge in [0, 0.05) is 23.1 Å². The Labute approximate surface area is 69.1 Å². The van der Waals surface area contributed by atoms with Crippen LogP contribution < -0.4 is 0 Å². The van der Waals surface area contributed by atoms with Gasteiger partial charge in [0.05, 0.1) is 0 Å². The summed E-state index contributed by atoms with van der Waals surface area (Å²) in [6.07, 6.45) is 0. The van der Waals surface area contributed by atoms with Crippen LogP contribution >= 0.6 is 24.0 Å². The molecule has 0 saturated heterocycles. The van der Waals surface area contributed by atoms with E-state index in [-0.39, 0.29) is 47.0 Å². The van der Waals surface area contributed by atoms with Crippen LogP contribution in [0.5, 0.6) is 0 Å². The van der Waals surface area contributed by atoms with E-state index in [1.54, 1.807) is 0 Å². The molecule has 34 valence electrons. The highest BCUT2D eigenvalue weighted by molar-refractivity contribution is 14.0. The van der Waals surface area contributed by atoms with E-state index in [9.17, 15) is 0 Å². The zero-order chi connectivity index (χ0) is 3.58. The van der Waals surface area contributed by atoms with Crippen LogP contribution in [0, 0.1) is 0 Å². The van der Waals surface area contributed by atoms with Gasteiger partial charge in [0.25, 0.3) is 0 Å². The van der Waals surface area contributed by atoms with Crippen LogP contribution in [0.4, 0.5) is 0 Å². The molecule has 2 radical (unpaired) electrons. The zero-order valence-corrected chi connectivity index (χ0v) is 6.78. The van der Waals surface area contributed by atoms with Gasteiger partial charge in [0.2, 0.25) is 0 Å². The van der Waals surface area contributed by atoms with Crippen molar-refractivity contribution in [2.75, 3.05) is 0 Å². The van der Waals surface area contributed by atoms with E-state index in [1.807, 2.05) is 0 Å². The first-order valence-electron chi connectivity index (χ1n) is 0.775. The van der Waals surface area contributed by atoms with Gasteiger partial charge in [0.15, 0.2) is 0 Å². The predicted octanol–water partition coefficient (Wildman–Crippen LogP) is -1.81. The second-order valence-corrected chi connectivity index (χ2v) is 0.346. The minimum Gasteiger partial charge on any atom is -0.402 e. The maximum absolute atomic E-state index is 7.17. The predicted molar refractivity (Wildman–Crippen MR) is 33.6 cm³/mol. The fourth-order valence-corrected chi connectivity index (χ4v) is 0. The molecule has 0 unspecified atom stereocenters. The van der Waals surface area contributed by atoms with Gasteiger partial charge in [-0.05, 0) is 0 Å². The van der Waals surface area contributed by atoms with Crippen molar-refractivity contribution in [2.24, 2.45) is 0 Å². The van der Waals surface area contributed by atoms with E-state index in [0.29, 0.717) is 0 Å². The Balaban J connectivity index is -0.0000000450. The van der Waals surface area contributed by atoms with E-state index in [2.05, 4.69) is 0 Å². The lowest BCUT2D eigenvalue weighted by atomic mass is 10.3. The fourth-order valence-electron chi connectivity index (χ4n) is 0. The molecule has 0 atom stereocenters. The van der Waals surface area contributed by atoms with Crippen molar-refractivity contribution < 1.29 is 15.1 Å². The molecule has 0 fully saturated rings. The topological polar surface area (TPSA) is 60.7 Å². The Bertz CT molecular complexity index is 15.5. The third-order valence-corrected chi connectivity index (χ3v) is 0. The molecule has 0 amide bonds. The summed E-state index contributed by atoms with van der Waals surface area (Å²) >= 11 is 0. The molecule has 6 heteroatoms. The molecule has 0 saturated carbocycles. The monoisotopic (exact) mass is 214 g/mol. The minimum absolute atomic E-state index is 0. The standard InChI is InChI=1S/BH3O3.HI.Mg/c2-1(3)4;;/h2-4H;1H;. The minimum atomic E-state index is -2.17. The number of rotatable bonds is 0. The van der Waals surface area contributed by atoms with E-state index in [1.165, 1.54) is 0 Å². The lowest BCUT2D eigenvalue weighted by Gasteiger charge is -1.69. The smallest absolute Gasteiger partial charge is 0.402 e. The molecule has 0 aromatic heterocycles. The largest absolute Gasteiger partial charge is 0.631 e. The Kier molecular flexibility index (Phi) is 25.2. The van der Waals surface area contributed by atoms with Crippen LogP contribution in [-0.4, -0.2) is 45.4 Å². The van der Waals surface area contributed by atoms with Crippen molar-refractivity contribution in [3.63, 3.8) is 0 Å². The summed E-state index contributed by atoms with van der Waals surface area (Å²) in [5, 5.41) is 21.5. The van der Waals surface area contributed by atoms with Crippen molar-refractivity contribution in [3.8, 4) is 0 Å². The third-order valence-electron chi connectivity index (χ3n) is 0. The average Bonchev–Trinajstić information content (AvgIpc) is 0.811. The quantitative estimate of drug-likeness (QED) is 0.329. The Morgan fingerprint density at radius 2 is 1.00 bits per heavy atom. The molecule has 3 N–H and O–H groups in total. The van der Waals surface area contributed by atoms with Crippen LogP contribution in [0.25, 0.3) is 0 Å². The molecule has 0 heterocycles. The molecule has 0 aliphatic carbocycles. The first-order valence-corrected chi connectivity index (χ1v) is 0.775. The molecule has 0 spiro atoms. The van der Waals surface area contributed by atoms with Crippen LogP contribution in [0.1, 0.15) is 0 Å². The van der Waals surface area contributed by atoms with E-state index in [4.69, 9.17) is 15.1 Å². The molecule has 0 aromatic carbocycles. The fraction of sp³-hybridized carbons (Fsp3) is 0. The highest BCUT2D eigenvalue weighted by atomic mass is 127. The normalized spacial score (nSPS) is 4.50. The Morgan fingerprint density at radius 3 is 1.00 bits per heavy atom. The summed E-state index contributed by atoms with van der Waals surface area (Å²) < 4.78 is 0. The van der Waals surface area contributed by atoms with E-state index < -0.39 is 7.32 Å². The lowest BCUT2D eigenvalue weighted by molar-refractivity contribution is 0.278. The number of halogens is 1. The van der Waals surface area contributed by atoms with Crippen LogP contribution in [0.15, 0.2) is 0 Å². The van der Waals surface area contributed by atoms with Gasteiger partial charge in [-0.15, -0.1) is 24.0 Å². The summed E-state index contributed by atoms with van der Waals surface area (Å²) in [6.45, 7) is 0. The van der Waals surface area contributed by atoms with Crippen molar-refractivity contribution >= 4 is 54.4 Å². The molecular formula is H4BIMgO3. The Hall–Kier alpha value is 1.44. The van der Waals surface area contributed by atoms with Crippen LogP contribution in [-0.2, 0) is 0 Å². The second kappa shape index (κ2) is 9.67. The Morgan fingerprint density at radius 1 is 1.00 bits per heavy atom. The van der Waals surface area contributed by atoms with E-state index in [0.717, 1.165) is 0 Å². The van der Waals surface area contributed by atoms with Gasteiger partial charge < -0.3 is 15.1 Å². The molecule has 0 rings (SSSR count). The molecule has 3 nitrogen and oxygen atoms in total. The van der Waals surface area contributed by atoms with Crippen molar-refractivity contribution in [3.05, 3.63) is 0 Å². The van der Waals surface area contributed by atoms with Crippen molar-refractivity contribution in [1.82, 2.24) is 0 Å². The van der Waals surface area contributed by atoms with Gasteiger partial charge >= 0.3 is 7.32 Å². The molecular weight excluding hydrogens is 210 g/mol. The summed E-state index contributed by atoms with van der Waals surface area (Å²) in [5.74, 6) is 0. The van der Waals surface area contributed by atoms with Crippen LogP contribution in [0.3, 0.4) is 0 Å². The van der Waals surface area contributed by atoms with Gasteiger partial charge in [-0.25, -0.2) is 0 Å². The maximum Gasteiger partial charge on any atom is 0.631 e. The number of hydrogen-bond acceptors (Lipinski definition) is 3. The van der Waals surface area contributed by atoms with Gasteiger partial charge in [0.1, 0.15) is 0 Å². The highest BCUT2D eigenvalue weighted by Gasteiger charge is 1.92. The lowest BCUT2D eigenvalue weighted by Crippen LogP contribution is -2.07. The third kappa shape index (κ3) is 51.7. The summed E-state index contributed by atoms with van der Waals surface area (Å²) in [4.78, 5) is 0. The zero-order valence-electron chi connectivity index (χ0n) is 3.03. The molecule has 0 aromatic rings. The van der Waals surface area contributed by atoms with Gasteiger partial charge in [-0.3, -0.25) is 0 Å². The van der Waals surface area contributed by atoms with Crippen molar-refractivity contribution in [2.45, 2.75) is 0 Å². The van der Waals surface area contributed by atoms with Gasteiger partial charge in [-0.2, -0.15) is 0 Å². The molecule has 0 aliphatic heterocycles. The summed E-state index contributed by atoms with van der Waals surface area (Å²) in [7, 11) is -2.17.